The standard InChI is InChI=1S/C40H53N3O11/c1-11-28-29-19-27(51-36(47)53-39(6,7)8)13-14-32(29)41-34-30(28)21-42(10)33(34)20-31(25(22-44)23-49-24-45)40(9,12-2)54-37(48)50-26-15-17-43(18-16-26)35(46)52-38(3,4)5/h13-14,19-20,22,24,26H,11-12,15-18,21,23H2,1-10H3/b31-25-,33-20-. The molecule has 14 nitrogen and oxygen atoms in total. The first kappa shape index (κ1) is 41.6. The first-order valence-electron chi connectivity index (χ1n) is 18.2. The smallest absolute Gasteiger partial charge is 0.463 e. The molecule has 1 atom stereocenters. The van der Waals surface area contributed by atoms with Crippen molar-refractivity contribution in [3.63, 3.8) is 0 Å². The largest absolute Gasteiger partial charge is 0.514 e. The molecule has 3 heterocycles. The molecule has 0 bridgehead atoms. The average molecular weight is 752 g/mol. The summed E-state index contributed by atoms with van der Waals surface area (Å²) < 4.78 is 33.0. The second-order valence-electron chi connectivity index (χ2n) is 15.6. The Hall–Kier alpha value is -5.14. The normalized spacial score (nSPS) is 17.3. The summed E-state index contributed by atoms with van der Waals surface area (Å²) >= 11 is 0. The molecule has 1 unspecified atom stereocenters. The van der Waals surface area contributed by atoms with Gasteiger partial charge in [0.05, 0.1) is 16.9 Å². The van der Waals surface area contributed by atoms with Crippen LogP contribution in [0.1, 0.15) is 98.4 Å². The molecule has 1 fully saturated rings. The number of likely N-dealkylation sites (tertiary alicyclic amines) is 1. The lowest BCUT2D eigenvalue weighted by molar-refractivity contribution is -0.128. The van der Waals surface area contributed by atoms with Crippen molar-refractivity contribution >= 4 is 47.8 Å². The molecule has 1 aromatic heterocycles. The predicted octanol–water partition coefficient (Wildman–Crippen LogP) is 7.29. The summed E-state index contributed by atoms with van der Waals surface area (Å²) in [6, 6.07) is 5.19. The molecule has 0 spiro atoms. The van der Waals surface area contributed by atoms with Gasteiger partial charge in [-0.2, -0.15) is 0 Å². The summed E-state index contributed by atoms with van der Waals surface area (Å²) in [6.45, 7) is 17.2. The van der Waals surface area contributed by atoms with Crippen LogP contribution in [-0.4, -0.2) is 95.6 Å². The maximum Gasteiger partial charge on any atom is 0.514 e. The lowest BCUT2D eigenvalue weighted by Crippen LogP contribution is -2.44. The van der Waals surface area contributed by atoms with Crippen molar-refractivity contribution in [1.29, 1.82) is 0 Å². The quantitative estimate of drug-likeness (QED) is 0.0741. The van der Waals surface area contributed by atoms with Crippen LogP contribution in [0.4, 0.5) is 14.4 Å². The number of carbonyl (C=O) groups is 5. The van der Waals surface area contributed by atoms with E-state index in [2.05, 4.69) is 0 Å². The average Bonchev–Trinajstić information content (AvgIpc) is 3.39. The zero-order valence-electron chi connectivity index (χ0n) is 33.0. The number of carbonyl (C=O) groups excluding carboxylic acids is 5. The number of hydrogen-bond acceptors (Lipinski definition) is 13. The van der Waals surface area contributed by atoms with E-state index in [0.717, 1.165) is 16.5 Å². The van der Waals surface area contributed by atoms with Crippen LogP contribution in [0.2, 0.25) is 0 Å². The molecule has 1 saturated heterocycles. The molecule has 294 valence electrons. The Balaban J connectivity index is 1.66. The van der Waals surface area contributed by atoms with Gasteiger partial charge in [0.1, 0.15) is 41.5 Å². The molecule has 0 saturated carbocycles. The van der Waals surface area contributed by atoms with E-state index in [1.165, 1.54) is 0 Å². The lowest BCUT2D eigenvalue weighted by Gasteiger charge is -2.34. The van der Waals surface area contributed by atoms with Crippen LogP contribution in [0.3, 0.4) is 0 Å². The van der Waals surface area contributed by atoms with Gasteiger partial charge in [0.25, 0.3) is 6.47 Å². The van der Waals surface area contributed by atoms with Crippen molar-refractivity contribution in [3.8, 4) is 5.75 Å². The van der Waals surface area contributed by atoms with E-state index < -0.39 is 41.3 Å². The summed E-state index contributed by atoms with van der Waals surface area (Å²) in [5, 5.41) is 0.817. The van der Waals surface area contributed by atoms with Crippen LogP contribution >= 0.6 is 0 Å². The molecule has 54 heavy (non-hydrogen) atoms. The Labute approximate surface area is 316 Å². The molecule has 1 aromatic carbocycles. The third kappa shape index (κ3) is 10.3. The van der Waals surface area contributed by atoms with Gasteiger partial charge in [0, 0.05) is 61.6 Å². The highest BCUT2D eigenvalue weighted by Crippen LogP contribution is 2.40. The first-order chi connectivity index (χ1) is 25.3. The highest BCUT2D eigenvalue weighted by molar-refractivity contribution is 5.90. The van der Waals surface area contributed by atoms with Crippen molar-refractivity contribution in [2.45, 2.75) is 117 Å². The van der Waals surface area contributed by atoms with Crippen LogP contribution in [0.15, 0.2) is 35.4 Å². The number of hydrogen-bond donors (Lipinski definition) is 0. The number of benzene rings is 1. The van der Waals surface area contributed by atoms with Gasteiger partial charge in [-0.25, -0.2) is 19.4 Å². The van der Waals surface area contributed by atoms with Crippen molar-refractivity contribution < 1.29 is 52.4 Å². The van der Waals surface area contributed by atoms with Crippen LogP contribution in [0.5, 0.6) is 5.75 Å². The molecule has 0 radical (unpaired) electrons. The fourth-order valence-corrected chi connectivity index (χ4v) is 6.41. The van der Waals surface area contributed by atoms with Crippen molar-refractivity contribution in [2.75, 3.05) is 26.7 Å². The molecule has 0 aliphatic carbocycles. The number of pyridine rings is 1. The fraction of sp³-hybridized carbons (Fsp3) is 0.550. The van der Waals surface area contributed by atoms with Crippen LogP contribution in [0.25, 0.3) is 16.6 Å². The number of ether oxygens (including phenoxy) is 6. The fourth-order valence-electron chi connectivity index (χ4n) is 6.41. The van der Waals surface area contributed by atoms with E-state index in [1.54, 1.807) is 84.6 Å². The van der Waals surface area contributed by atoms with E-state index in [4.69, 9.17) is 33.4 Å². The molecule has 2 aromatic rings. The lowest BCUT2D eigenvalue weighted by atomic mass is 9.87. The number of aryl methyl sites for hydroxylation is 1. The van der Waals surface area contributed by atoms with Crippen LogP contribution in [-0.2, 0) is 46.2 Å². The Bertz CT molecular complexity index is 1810. The van der Waals surface area contributed by atoms with Gasteiger partial charge < -0.3 is 38.2 Å². The molecular weight excluding hydrogens is 698 g/mol. The van der Waals surface area contributed by atoms with E-state index in [9.17, 15) is 24.0 Å². The molecule has 14 heteroatoms. The summed E-state index contributed by atoms with van der Waals surface area (Å²) in [6.07, 6.45) is 1.33. The van der Waals surface area contributed by atoms with Crippen molar-refractivity contribution in [2.24, 2.45) is 0 Å². The second-order valence-corrected chi connectivity index (χ2v) is 15.6. The topological polar surface area (TPSA) is 160 Å². The Kier molecular flexibility index (Phi) is 13.0. The highest BCUT2D eigenvalue weighted by atomic mass is 16.7. The molecule has 2 aliphatic rings. The maximum atomic E-state index is 13.4. The SMILES string of the molecule is CCc1c2c(nc3ccc(OC(=O)OC(C)(C)C)cc13)/C(=C/C(=C(\C=O)COC=O)C(C)(CC)OC(=O)OC1CCN(C(=O)OC(C)(C)C)CC1)N(C)C2. The number of amides is 1. The van der Waals surface area contributed by atoms with Crippen molar-refractivity contribution in [3.05, 3.63) is 52.2 Å². The summed E-state index contributed by atoms with van der Waals surface area (Å²) in [5.74, 6) is 0.322. The van der Waals surface area contributed by atoms with E-state index in [0.29, 0.717) is 73.4 Å². The van der Waals surface area contributed by atoms with Gasteiger partial charge in [0.2, 0.25) is 0 Å². The molecule has 2 aliphatic heterocycles. The molecular formula is C40H53N3O11. The highest BCUT2D eigenvalue weighted by Gasteiger charge is 2.38. The van der Waals surface area contributed by atoms with Gasteiger partial charge in [-0.15, -0.1) is 0 Å². The molecule has 0 N–H and O–H groups in total. The third-order valence-corrected chi connectivity index (χ3v) is 9.15. The van der Waals surface area contributed by atoms with E-state index in [1.807, 2.05) is 18.9 Å². The number of fused-ring (bicyclic) bond motifs is 2. The minimum Gasteiger partial charge on any atom is -0.463 e. The van der Waals surface area contributed by atoms with Crippen molar-refractivity contribution in [1.82, 2.24) is 14.8 Å². The van der Waals surface area contributed by atoms with Gasteiger partial charge in [-0.1, -0.05) is 13.8 Å². The van der Waals surface area contributed by atoms with Gasteiger partial charge in [0.15, 0.2) is 0 Å². The number of piperidine rings is 1. The third-order valence-electron chi connectivity index (χ3n) is 9.15. The number of aldehydes is 1. The van der Waals surface area contributed by atoms with Crippen LogP contribution < -0.4 is 4.74 Å². The number of aromatic nitrogens is 1. The number of nitrogens with zero attached hydrogens (tertiary/aromatic N) is 3. The Morgan fingerprint density at radius 2 is 1.59 bits per heavy atom. The molecule has 1 amide bonds. The zero-order valence-corrected chi connectivity index (χ0v) is 33.0. The zero-order chi connectivity index (χ0) is 40.0. The van der Waals surface area contributed by atoms with Gasteiger partial charge in [-0.05, 0) is 91.1 Å². The minimum absolute atomic E-state index is 0.0970. The maximum absolute atomic E-state index is 13.4. The number of rotatable bonds is 11. The Morgan fingerprint density at radius 1 is 0.926 bits per heavy atom. The summed E-state index contributed by atoms with van der Waals surface area (Å²) in [7, 11) is 1.89. The van der Waals surface area contributed by atoms with E-state index in [-0.39, 0.29) is 25.1 Å². The first-order valence-corrected chi connectivity index (χ1v) is 18.2. The monoisotopic (exact) mass is 751 g/mol. The Morgan fingerprint density at radius 3 is 2.17 bits per heavy atom. The van der Waals surface area contributed by atoms with Gasteiger partial charge in [-0.3, -0.25) is 9.59 Å². The minimum atomic E-state index is -1.40. The van der Waals surface area contributed by atoms with Gasteiger partial charge >= 0.3 is 18.4 Å². The molecule has 4 rings (SSSR count). The second kappa shape index (κ2) is 16.9. The predicted molar refractivity (Wildman–Crippen MR) is 200 cm³/mol. The van der Waals surface area contributed by atoms with Crippen LogP contribution in [0, 0.1) is 0 Å². The van der Waals surface area contributed by atoms with E-state index >= 15 is 0 Å². The summed E-state index contributed by atoms with van der Waals surface area (Å²) in [5.41, 5.74) is 1.60. The summed E-state index contributed by atoms with van der Waals surface area (Å²) in [4.78, 5) is 70.7.